The van der Waals surface area contributed by atoms with Gasteiger partial charge in [-0.25, -0.2) is 0 Å². The highest BCUT2D eigenvalue weighted by atomic mass is 32.2. The van der Waals surface area contributed by atoms with Crippen molar-refractivity contribution in [3.05, 3.63) is 18.2 Å². The number of hydrogen-bond donors (Lipinski definition) is 2. The molecule has 1 aliphatic rings. The molecule has 1 atom stereocenters. The molecular weight excluding hydrogens is 226 g/mol. The molecule has 4 nitrogen and oxygen atoms in total. The lowest BCUT2D eigenvalue weighted by molar-refractivity contribution is 0.171. The number of aliphatic hydroxyl groups is 1. The first-order chi connectivity index (χ1) is 7.79. The molecule has 2 rings (SSSR count). The van der Waals surface area contributed by atoms with Gasteiger partial charge in [-0.3, -0.25) is 0 Å². The minimum atomic E-state index is -0.460. The van der Waals surface area contributed by atoms with E-state index in [1.54, 1.807) is 11.8 Å². The molecule has 0 radical (unpaired) electrons. The third-order valence-corrected chi connectivity index (χ3v) is 3.37. The molecule has 0 spiro atoms. The van der Waals surface area contributed by atoms with Gasteiger partial charge in [0.05, 0.1) is 6.10 Å². The summed E-state index contributed by atoms with van der Waals surface area (Å²) in [5, 5.41) is 9.36. The summed E-state index contributed by atoms with van der Waals surface area (Å²) in [5.41, 5.74) is 5.34. The largest absolute Gasteiger partial charge is 0.486 e. The fraction of sp³-hybridized carbons (Fsp3) is 0.455. The molecule has 3 N–H and O–H groups in total. The first-order valence-electron chi connectivity index (χ1n) is 5.20. The highest BCUT2D eigenvalue weighted by molar-refractivity contribution is 7.99. The maximum absolute atomic E-state index is 9.36. The summed E-state index contributed by atoms with van der Waals surface area (Å²) >= 11 is 1.56. The van der Waals surface area contributed by atoms with E-state index in [1.165, 1.54) is 0 Å². The maximum atomic E-state index is 9.36. The first-order valence-corrected chi connectivity index (χ1v) is 6.18. The van der Waals surface area contributed by atoms with Crippen LogP contribution in [0.4, 0.5) is 0 Å². The number of ether oxygens (including phenoxy) is 2. The molecule has 1 aliphatic heterocycles. The van der Waals surface area contributed by atoms with E-state index in [0.29, 0.717) is 19.0 Å². The summed E-state index contributed by atoms with van der Waals surface area (Å²) in [6.07, 6.45) is -0.460. The molecule has 16 heavy (non-hydrogen) atoms. The van der Waals surface area contributed by atoms with Crippen molar-refractivity contribution in [2.45, 2.75) is 11.0 Å². The summed E-state index contributed by atoms with van der Waals surface area (Å²) < 4.78 is 10.9. The van der Waals surface area contributed by atoms with Crippen LogP contribution < -0.4 is 15.2 Å². The second-order valence-electron chi connectivity index (χ2n) is 3.51. The Hall–Kier alpha value is -0.910. The Morgan fingerprint density at radius 2 is 2.06 bits per heavy atom. The fourth-order valence-corrected chi connectivity index (χ4v) is 2.25. The van der Waals surface area contributed by atoms with Crippen LogP contribution in [0.15, 0.2) is 23.1 Å². The van der Waals surface area contributed by atoms with Gasteiger partial charge in [0, 0.05) is 17.2 Å². The third kappa shape index (κ3) is 2.81. The number of nitrogens with two attached hydrogens (primary N) is 1. The van der Waals surface area contributed by atoms with Crippen molar-refractivity contribution in [2.24, 2.45) is 5.73 Å². The van der Waals surface area contributed by atoms with Gasteiger partial charge in [0.1, 0.15) is 13.2 Å². The van der Waals surface area contributed by atoms with Crippen LogP contribution in [-0.2, 0) is 0 Å². The number of thioether (sulfide) groups is 1. The van der Waals surface area contributed by atoms with Crippen LogP contribution in [0.25, 0.3) is 0 Å². The molecule has 5 heteroatoms. The predicted molar refractivity (Wildman–Crippen MR) is 63.2 cm³/mol. The Balaban J connectivity index is 2.00. The molecule has 0 amide bonds. The third-order valence-electron chi connectivity index (χ3n) is 2.23. The van der Waals surface area contributed by atoms with Crippen molar-refractivity contribution < 1.29 is 14.6 Å². The van der Waals surface area contributed by atoms with Crippen LogP contribution >= 0.6 is 11.8 Å². The van der Waals surface area contributed by atoms with Crippen LogP contribution in [-0.4, -0.2) is 36.7 Å². The lowest BCUT2D eigenvalue weighted by Crippen LogP contribution is -2.21. The average molecular weight is 241 g/mol. The molecule has 88 valence electrons. The summed E-state index contributed by atoms with van der Waals surface area (Å²) in [6.45, 7) is 1.48. The SMILES string of the molecule is NCC(O)CSc1ccc2c(c1)OCCO2. The minimum absolute atomic E-state index is 0.289. The van der Waals surface area contributed by atoms with Gasteiger partial charge in [-0.2, -0.15) is 0 Å². The molecule has 1 heterocycles. The molecule has 0 bridgehead atoms. The Kier molecular flexibility index (Phi) is 3.93. The molecule has 0 saturated heterocycles. The Bertz CT molecular complexity index is 359. The smallest absolute Gasteiger partial charge is 0.162 e. The Morgan fingerprint density at radius 1 is 1.31 bits per heavy atom. The molecule has 0 aliphatic carbocycles. The van der Waals surface area contributed by atoms with Crippen LogP contribution in [0.1, 0.15) is 0 Å². The molecule has 0 fully saturated rings. The van der Waals surface area contributed by atoms with Crippen LogP contribution in [0.2, 0.25) is 0 Å². The summed E-state index contributed by atoms with van der Waals surface area (Å²) in [5.74, 6) is 2.16. The number of benzene rings is 1. The number of hydrogen-bond acceptors (Lipinski definition) is 5. The number of rotatable bonds is 4. The van der Waals surface area contributed by atoms with E-state index in [-0.39, 0.29) is 6.54 Å². The summed E-state index contributed by atoms with van der Waals surface area (Å²) in [4.78, 5) is 1.05. The standard InChI is InChI=1S/C11H15NO3S/c12-6-8(13)7-16-9-1-2-10-11(5-9)15-4-3-14-10/h1-2,5,8,13H,3-4,6-7,12H2. The van der Waals surface area contributed by atoms with Gasteiger partial charge in [0.15, 0.2) is 11.5 Å². The van der Waals surface area contributed by atoms with Crippen molar-refractivity contribution in [1.82, 2.24) is 0 Å². The van der Waals surface area contributed by atoms with Gasteiger partial charge in [-0.1, -0.05) is 0 Å². The first kappa shape index (κ1) is 11.6. The zero-order valence-corrected chi connectivity index (χ0v) is 9.70. The number of aliphatic hydroxyl groups excluding tert-OH is 1. The molecule has 1 aromatic rings. The van der Waals surface area contributed by atoms with Crippen LogP contribution in [0, 0.1) is 0 Å². The van der Waals surface area contributed by atoms with Crippen molar-refractivity contribution in [1.29, 1.82) is 0 Å². The van der Waals surface area contributed by atoms with Gasteiger partial charge in [-0.15, -0.1) is 11.8 Å². The topological polar surface area (TPSA) is 64.7 Å². The van der Waals surface area contributed by atoms with E-state index < -0.39 is 6.10 Å². The predicted octanol–water partition coefficient (Wildman–Crippen LogP) is 0.870. The zero-order chi connectivity index (χ0) is 11.4. The van der Waals surface area contributed by atoms with E-state index in [1.807, 2.05) is 18.2 Å². The molecule has 1 aromatic carbocycles. The lowest BCUT2D eigenvalue weighted by atomic mass is 10.3. The normalized spacial score (nSPS) is 15.9. The van der Waals surface area contributed by atoms with E-state index in [0.717, 1.165) is 16.4 Å². The van der Waals surface area contributed by atoms with E-state index in [2.05, 4.69) is 0 Å². The summed E-state index contributed by atoms with van der Waals surface area (Å²) in [7, 11) is 0. The van der Waals surface area contributed by atoms with Crippen LogP contribution in [0.5, 0.6) is 11.5 Å². The fourth-order valence-electron chi connectivity index (χ4n) is 1.37. The van der Waals surface area contributed by atoms with Gasteiger partial charge in [0.25, 0.3) is 0 Å². The summed E-state index contributed by atoms with van der Waals surface area (Å²) in [6, 6.07) is 5.79. The van der Waals surface area contributed by atoms with Gasteiger partial charge in [0.2, 0.25) is 0 Å². The van der Waals surface area contributed by atoms with Crippen molar-refractivity contribution in [3.8, 4) is 11.5 Å². The van der Waals surface area contributed by atoms with Gasteiger partial charge >= 0.3 is 0 Å². The Morgan fingerprint density at radius 3 is 2.81 bits per heavy atom. The molecule has 0 aromatic heterocycles. The Labute approximate surface area is 98.7 Å². The van der Waals surface area contributed by atoms with E-state index in [4.69, 9.17) is 15.2 Å². The average Bonchev–Trinajstić information content (AvgIpc) is 2.35. The van der Waals surface area contributed by atoms with E-state index in [9.17, 15) is 5.11 Å². The molecule has 0 saturated carbocycles. The lowest BCUT2D eigenvalue weighted by Gasteiger charge is -2.18. The monoisotopic (exact) mass is 241 g/mol. The van der Waals surface area contributed by atoms with E-state index >= 15 is 0 Å². The minimum Gasteiger partial charge on any atom is -0.486 e. The highest BCUT2D eigenvalue weighted by Crippen LogP contribution is 2.34. The quantitative estimate of drug-likeness (QED) is 0.766. The van der Waals surface area contributed by atoms with Crippen molar-refractivity contribution in [2.75, 3.05) is 25.5 Å². The highest BCUT2D eigenvalue weighted by Gasteiger charge is 2.12. The molecular formula is C11H15NO3S. The van der Waals surface area contributed by atoms with Crippen molar-refractivity contribution in [3.63, 3.8) is 0 Å². The van der Waals surface area contributed by atoms with Gasteiger partial charge < -0.3 is 20.3 Å². The maximum Gasteiger partial charge on any atom is 0.162 e. The molecule has 1 unspecified atom stereocenters. The number of fused-ring (bicyclic) bond motifs is 1. The zero-order valence-electron chi connectivity index (χ0n) is 8.89. The van der Waals surface area contributed by atoms with Crippen LogP contribution in [0.3, 0.4) is 0 Å². The van der Waals surface area contributed by atoms with Crippen molar-refractivity contribution >= 4 is 11.8 Å². The second kappa shape index (κ2) is 5.43. The van der Waals surface area contributed by atoms with Gasteiger partial charge in [-0.05, 0) is 18.2 Å². The second-order valence-corrected chi connectivity index (χ2v) is 4.60.